The van der Waals surface area contributed by atoms with E-state index in [1.54, 1.807) is 24.3 Å². The molecule has 0 aromatic heterocycles. The third kappa shape index (κ3) is 6.97. The standard InChI is InChI=1S/C22H18N4O7S/c27-21(15-11-17(25(28)29)14-18(12-15)26(30)31)24-22(34)23-16-5-4-8-20(13-16)33-10-9-32-19-6-2-1-3-7-19/h1-8,11-14H,9-10H2,(H2,23,24,27,34). The minimum Gasteiger partial charge on any atom is -0.490 e. The van der Waals surface area contributed by atoms with Crippen LogP contribution in [0.3, 0.4) is 0 Å². The van der Waals surface area contributed by atoms with Crippen LogP contribution in [-0.4, -0.2) is 34.1 Å². The summed E-state index contributed by atoms with van der Waals surface area (Å²) in [6, 6.07) is 18.7. The third-order valence-electron chi connectivity index (χ3n) is 4.27. The van der Waals surface area contributed by atoms with Crippen LogP contribution in [0.25, 0.3) is 0 Å². The minimum absolute atomic E-state index is 0.108. The van der Waals surface area contributed by atoms with Gasteiger partial charge in [0.25, 0.3) is 17.3 Å². The molecular formula is C22H18N4O7S. The number of para-hydroxylation sites is 1. The summed E-state index contributed by atoms with van der Waals surface area (Å²) in [6.07, 6.45) is 0. The molecule has 34 heavy (non-hydrogen) atoms. The van der Waals surface area contributed by atoms with Gasteiger partial charge in [-0.3, -0.25) is 30.3 Å². The van der Waals surface area contributed by atoms with Gasteiger partial charge in [-0.15, -0.1) is 0 Å². The Morgan fingerprint density at radius 3 is 2.03 bits per heavy atom. The lowest BCUT2D eigenvalue weighted by Gasteiger charge is -2.12. The summed E-state index contributed by atoms with van der Waals surface area (Å²) in [5.41, 5.74) is -0.934. The van der Waals surface area contributed by atoms with Gasteiger partial charge < -0.3 is 14.8 Å². The molecule has 3 rings (SSSR count). The summed E-state index contributed by atoms with van der Waals surface area (Å²) in [7, 11) is 0. The Morgan fingerprint density at radius 2 is 1.41 bits per heavy atom. The first-order valence-corrected chi connectivity index (χ1v) is 10.2. The SMILES string of the molecule is O=C(NC(=S)Nc1cccc(OCCOc2ccccc2)c1)c1cc([N+](=O)[O-])cc([N+](=O)[O-])c1. The van der Waals surface area contributed by atoms with Crippen LogP contribution in [0.15, 0.2) is 72.8 Å². The Bertz CT molecular complexity index is 1190. The van der Waals surface area contributed by atoms with Gasteiger partial charge in [0.1, 0.15) is 24.7 Å². The predicted octanol–water partition coefficient (Wildman–Crippen LogP) is 4.09. The smallest absolute Gasteiger partial charge is 0.277 e. The minimum atomic E-state index is -0.838. The van der Waals surface area contributed by atoms with Gasteiger partial charge in [-0.2, -0.15) is 0 Å². The number of nitro benzene ring substituents is 2. The largest absolute Gasteiger partial charge is 0.490 e. The van der Waals surface area contributed by atoms with Crippen molar-refractivity contribution < 1.29 is 24.1 Å². The molecule has 0 aliphatic carbocycles. The Hall–Kier alpha value is -4.58. The number of non-ortho nitro benzene ring substituents is 2. The fourth-order valence-electron chi connectivity index (χ4n) is 2.77. The molecule has 0 saturated heterocycles. The number of hydrogen-bond acceptors (Lipinski definition) is 8. The Morgan fingerprint density at radius 1 is 0.824 bits per heavy atom. The van der Waals surface area contributed by atoms with E-state index in [9.17, 15) is 25.0 Å². The Kier molecular flexibility index (Phi) is 8.02. The molecular weight excluding hydrogens is 464 g/mol. The zero-order chi connectivity index (χ0) is 24.5. The number of carbonyl (C=O) groups excluding carboxylic acids is 1. The number of nitrogens with one attached hydrogen (secondary N) is 2. The molecule has 0 aliphatic rings. The monoisotopic (exact) mass is 482 g/mol. The number of ether oxygens (including phenoxy) is 2. The molecule has 0 bridgehead atoms. The summed E-state index contributed by atoms with van der Waals surface area (Å²) >= 11 is 5.11. The van der Waals surface area contributed by atoms with E-state index in [1.165, 1.54) is 0 Å². The summed E-state index contributed by atoms with van der Waals surface area (Å²) < 4.78 is 11.2. The first-order valence-electron chi connectivity index (χ1n) is 9.79. The topological polar surface area (TPSA) is 146 Å². The first kappa shape index (κ1) is 24.1. The van der Waals surface area contributed by atoms with Gasteiger partial charge in [0.05, 0.1) is 21.5 Å². The molecule has 3 aromatic carbocycles. The lowest BCUT2D eigenvalue weighted by atomic mass is 10.1. The number of thiocarbonyl (C=S) groups is 1. The van der Waals surface area contributed by atoms with Crippen LogP contribution < -0.4 is 20.1 Å². The van der Waals surface area contributed by atoms with Gasteiger partial charge in [-0.05, 0) is 36.5 Å². The van der Waals surface area contributed by atoms with Gasteiger partial charge in [0.15, 0.2) is 5.11 Å². The van der Waals surface area contributed by atoms with Crippen LogP contribution in [0.5, 0.6) is 11.5 Å². The molecule has 12 heteroatoms. The zero-order valence-corrected chi connectivity index (χ0v) is 18.3. The van der Waals surface area contributed by atoms with Gasteiger partial charge in [-0.1, -0.05) is 24.3 Å². The van der Waals surface area contributed by atoms with E-state index in [0.29, 0.717) is 24.7 Å². The van der Waals surface area contributed by atoms with Crippen LogP contribution >= 0.6 is 12.2 Å². The highest BCUT2D eigenvalue weighted by molar-refractivity contribution is 7.80. The predicted molar refractivity (Wildman–Crippen MR) is 127 cm³/mol. The van der Waals surface area contributed by atoms with Gasteiger partial charge >= 0.3 is 0 Å². The number of nitrogens with zero attached hydrogens (tertiary/aromatic N) is 2. The van der Waals surface area contributed by atoms with E-state index >= 15 is 0 Å². The van der Waals surface area contributed by atoms with Crippen molar-refractivity contribution in [2.24, 2.45) is 0 Å². The second-order valence-electron chi connectivity index (χ2n) is 6.70. The number of carbonyl (C=O) groups is 1. The molecule has 0 aliphatic heterocycles. The number of amides is 1. The molecule has 0 unspecified atom stereocenters. The number of hydrogen-bond donors (Lipinski definition) is 2. The Balaban J connectivity index is 1.56. The molecule has 0 spiro atoms. The third-order valence-corrected chi connectivity index (χ3v) is 4.47. The molecule has 0 atom stereocenters. The molecule has 0 heterocycles. The van der Waals surface area contributed by atoms with Crippen LogP contribution in [0.2, 0.25) is 0 Å². The van der Waals surface area contributed by atoms with E-state index in [1.807, 2.05) is 30.3 Å². The summed E-state index contributed by atoms with van der Waals surface area (Å²) in [5.74, 6) is 0.427. The van der Waals surface area contributed by atoms with E-state index < -0.39 is 27.1 Å². The maximum Gasteiger partial charge on any atom is 0.277 e. The molecule has 0 radical (unpaired) electrons. The number of anilines is 1. The van der Waals surface area contributed by atoms with Crippen molar-refractivity contribution in [2.45, 2.75) is 0 Å². The normalized spacial score (nSPS) is 10.1. The van der Waals surface area contributed by atoms with Crippen molar-refractivity contribution in [3.8, 4) is 11.5 Å². The molecule has 3 aromatic rings. The fraction of sp³-hybridized carbons (Fsp3) is 0.0909. The molecule has 0 saturated carbocycles. The highest BCUT2D eigenvalue weighted by Gasteiger charge is 2.20. The quantitative estimate of drug-likeness (QED) is 0.199. The first-order chi connectivity index (χ1) is 16.3. The number of benzene rings is 3. The maximum atomic E-state index is 12.4. The second-order valence-corrected chi connectivity index (χ2v) is 7.11. The molecule has 0 fully saturated rings. The molecule has 174 valence electrons. The van der Waals surface area contributed by atoms with Crippen molar-refractivity contribution in [3.05, 3.63) is 98.6 Å². The summed E-state index contributed by atoms with van der Waals surface area (Å²) in [4.78, 5) is 32.8. The van der Waals surface area contributed by atoms with Crippen molar-refractivity contribution in [1.29, 1.82) is 0 Å². The summed E-state index contributed by atoms with van der Waals surface area (Å²) in [5, 5.41) is 27.0. The molecule has 11 nitrogen and oxygen atoms in total. The second kappa shape index (κ2) is 11.3. The number of nitro groups is 2. The highest BCUT2D eigenvalue weighted by atomic mass is 32.1. The molecule has 1 amide bonds. The zero-order valence-electron chi connectivity index (χ0n) is 17.5. The van der Waals surface area contributed by atoms with E-state index in [0.717, 1.165) is 23.9 Å². The van der Waals surface area contributed by atoms with Gasteiger partial charge in [0, 0.05) is 23.9 Å². The number of rotatable bonds is 9. The maximum absolute atomic E-state index is 12.4. The fourth-order valence-corrected chi connectivity index (χ4v) is 2.98. The van der Waals surface area contributed by atoms with Gasteiger partial charge in [0.2, 0.25) is 0 Å². The van der Waals surface area contributed by atoms with E-state index in [4.69, 9.17) is 21.7 Å². The van der Waals surface area contributed by atoms with Crippen molar-refractivity contribution in [2.75, 3.05) is 18.5 Å². The van der Waals surface area contributed by atoms with Crippen molar-refractivity contribution in [1.82, 2.24) is 5.32 Å². The van der Waals surface area contributed by atoms with Crippen molar-refractivity contribution >= 4 is 40.3 Å². The van der Waals surface area contributed by atoms with Crippen LogP contribution in [0, 0.1) is 20.2 Å². The van der Waals surface area contributed by atoms with Crippen molar-refractivity contribution in [3.63, 3.8) is 0 Å². The molecule has 2 N–H and O–H groups in total. The van der Waals surface area contributed by atoms with Crippen LogP contribution in [0.4, 0.5) is 17.1 Å². The van der Waals surface area contributed by atoms with E-state index in [2.05, 4.69) is 10.6 Å². The average molecular weight is 482 g/mol. The van der Waals surface area contributed by atoms with Gasteiger partial charge in [-0.25, -0.2) is 0 Å². The van der Waals surface area contributed by atoms with Crippen LogP contribution in [-0.2, 0) is 0 Å². The summed E-state index contributed by atoms with van der Waals surface area (Å²) in [6.45, 7) is 0.636. The highest BCUT2D eigenvalue weighted by Crippen LogP contribution is 2.23. The lowest BCUT2D eigenvalue weighted by Crippen LogP contribution is -2.34. The Labute approximate surface area is 198 Å². The van der Waals surface area contributed by atoms with Crippen LogP contribution in [0.1, 0.15) is 10.4 Å². The van der Waals surface area contributed by atoms with E-state index in [-0.39, 0.29) is 10.7 Å². The lowest BCUT2D eigenvalue weighted by molar-refractivity contribution is -0.394. The average Bonchev–Trinajstić information content (AvgIpc) is 2.82.